The fourth-order valence-electron chi connectivity index (χ4n) is 10.2. The van der Waals surface area contributed by atoms with Crippen LogP contribution in [0.3, 0.4) is 0 Å². The molecule has 0 unspecified atom stereocenters. The van der Waals surface area contributed by atoms with Crippen molar-refractivity contribution in [2.75, 3.05) is 14.2 Å². The lowest BCUT2D eigenvalue weighted by Crippen LogP contribution is -2.28. The molecule has 0 atom stereocenters. The van der Waals surface area contributed by atoms with Crippen LogP contribution in [-0.2, 0) is 19.1 Å². The van der Waals surface area contributed by atoms with E-state index in [9.17, 15) is 9.59 Å². The lowest BCUT2D eigenvalue weighted by atomic mass is 9.68. The van der Waals surface area contributed by atoms with Crippen LogP contribution in [0.15, 0.2) is 22.3 Å². The van der Waals surface area contributed by atoms with E-state index in [1.807, 2.05) is 0 Å². The molecule has 3 saturated carbocycles. The third kappa shape index (κ3) is 7.55. The Kier molecular flexibility index (Phi) is 12.1. The van der Waals surface area contributed by atoms with E-state index in [1.54, 1.807) is 19.8 Å². The van der Waals surface area contributed by atoms with Crippen LogP contribution in [0, 0.1) is 35.5 Å². The summed E-state index contributed by atoms with van der Waals surface area (Å²) in [6.45, 7) is 0. The number of carbonyl (C=O) groups excluding carboxylic acids is 2. The molecule has 5 aliphatic carbocycles. The van der Waals surface area contributed by atoms with E-state index < -0.39 is 0 Å². The van der Waals surface area contributed by atoms with Gasteiger partial charge < -0.3 is 9.47 Å². The third-order valence-corrected chi connectivity index (χ3v) is 12.1. The van der Waals surface area contributed by atoms with Crippen molar-refractivity contribution in [1.82, 2.24) is 0 Å². The molecule has 236 valence electrons. The first-order chi connectivity index (χ1) is 20.6. The highest BCUT2D eigenvalue weighted by Crippen LogP contribution is 2.48. The maximum atomic E-state index is 13.6. The van der Waals surface area contributed by atoms with Crippen molar-refractivity contribution in [3.05, 3.63) is 22.3 Å². The second-order valence-electron chi connectivity index (χ2n) is 14.6. The Balaban J connectivity index is 1.39. The Morgan fingerprint density at radius 3 is 1.21 bits per heavy atom. The lowest BCUT2D eigenvalue weighted by Gasteiger charge is -2.37. The Morgan fingerprint density at radius 1 is 0.476 bits per heavy atom. The predicted molar refractivity (Wildman–Crippen MR) is 170 cm³/mol. The molecule has 0 aromatic heterocycles. The molecule has 42 heavy (non-hydrogen) atoms. The van der Waals surface area contributed by atoms with Crippen molar-refractivity contribution in [1.29, 1.82) is 0 Å². The number of esters is 2. The summed E-state index contributed by atoms with van der Waals surface area (Å²) >= 11 is 0. The molecule has 0 amide bonds. The van der Waals surface area contributed by atoms with Crippen LogP contribution in [-0.4, -0.2) is 26.2 Å². The van der Waals surface area contributed by atoms with Crippen LogP contribution in [0.25, 0.3) is 0 Å². The van der Waals surface area contributed by atoms with Gasteiger partial charge >= 0.3 is 11.9 Å². The topological polar surface area (TPSA) is 52.6 Å². The summed E-state index contributed by atoms with van der Waals surface area (Å²) < 4.78 is 11.1. The number of hydrogen-bond donors (Lipinski definition) is 0. The minimum Gasteiger partial charge on any atom is -0.466 e. The van der Waals surface area contributed by atoms with Crippen LogP contribution in [0.5, 0.6) is 0 Å². The number of allylic oxidation sites excluding steroid dienone is 2. The van der Waals surface area contributed by atoms with Gasteiger partial charge in [0.25, 0.3) is 0 Å². The zero-order valence-electron chi connectivity index (χ0n) is 27.1. The molecule has 4 heteroatoms. The molecular weight excluding hydrogens is 520 g/mol. The first-order valence-electron chi connectivity index (χ1n) is 18.3. The van der Waals surface area contributed by atoms with E-state index in [-0.39, 0.29) is 11.9 Å². The maximum Gasteiger partial charge on any atom is 0.333 e. The van der Waals surface area contributed by atoms with E-state index in [4.69, 9.17) is 9.47 Å². The van der Waals surface area contributed by atoms with Gasteiger partial charge in [-0.25, -0.2) is 9.59 Å². The molecule has 3 fully saturated rings. The number of carbonyl (C=O) groups is 2. The summed E-state index contributed by atoms with van der Waals surface area (Å²) in [7, 11) is 3.20. The average Bonchev–Trinajstić information content (AvgIpc) is 3.32. The van der Waals surface area contributed by atoms with E-state index >= 15 is 0 Å². The fraction of sp³-hybridized carbons (Fsp3) is 0.842. The summed E-state index contributed by atoms with van der Waals surface area (Å²) in [5.74, 6) is 2.97. The second kappa shape index (κ2) is 15.9. The van der Waals surface area contributed by atoms with Crippen molar-refractivity contribution in [2.24, 2.45) is 35.5 Å². The first kappa shape index (κ1) is 31.8. The third-order valence-electron chi connectivity index (χ3n) is 12.1. The molecule has 0 saturated heterocycles. The molecule has 5 aliphatic rings. The molecule has 4 nitrogen and oxygen atoms in total. The van der Waals surface area contributed by atoms with Crippen LogP contribution in [0.4, 0.5) is 0 Å². The molecule has 5 rings (SSSR count). The Bertz CT molecular complexity index is 922. The maximum absolute atomic E-state index is 13.6. The van der Waals surface area contributed by atoms with Gasteiger partial charge in [-0.1, -0.05) is 88.2 Å². The van der Waals surface area contributed by atoms with Crippen LogP contribution in [0.2, 0.25) is 0 Å². The van der Waals surface area contributed by atoms with Crippen molar-refractivity contribution < 1.29 is 19.1 Å². The van der Waals surface area contributed by atoms with Gasteiger partial charge in [-0.15, -0.1) is 0 Å². The smallest absolute Gasteiger partial charge is 0.333 e. The van der Waals surface area contributed by atoms with Gasteiger partial charge in [-0.2, -0.15) is 0 Å². The molecule has 0 heterocycles. The van der Waals surface area contributed by atoms with Crippen LogP contribution in [0.1, 0.15) is 154 Å². The predicted octanol–water partition coefficient (Wildman–Crippen LogP) is 10.1. The van der Waals surface area contributed by atoms with Gasteiger partial charge in [-0.3, -0.25) is 0 Å². The molecule has 0 aromatic carbocycles. The van der Waals surface area contributed by atoms with Crippen LogP contribution >= 0.6 is 0 Å². The molecule has 0 radical (unpaired) electrons. The SMILES string of the molecule is COC(=O)C(=C1C2CCCCC1CCCC2)C1CCCCC(/C2=C(\C(=O)OC)C3CCCCC2CCCC3)CCCC1. The summed E-state index contributed by atoms with van der Waals surface area (Å²) in [6, 6.07) is 0. The highest BCUT2D eigenvalue weighted by atomic mass is 16.5. The van der Waals surface area contributed by atoms with E-state index in [0.29, 0.717) is 35.5 Å². The Labute approximate surface area is 256 Å². The zero-order chi connectivity index (χ0) is 29.3. The van der Waals surface area contributed by atoms with Gasteiger partial charge in [0, 0.05) is 11.1 Å². The Hall–Kier alpha value is -1.58. The standard InChI is InChI=1S/C38H60O4/c1-41-37(39)35(33-27-15-3-4-16-28(33)18-6-5-17-27)31-23-11-7-19-29(20-8-12-24-31)34-30-21-9-13-25-32(26-14-10-22-30)36(34)38(40)42-2/h27-32H,3-26H2,1-2H3/b35-33?,36-34+. The average molecular weight is 581 g/mol. The number of fused-ring (bicyclic) bond motifs is 4. The molecule has 0 aliphatic heterocycles. The quantitative estimate of drug-likeness (QED) is 0.245. The highest BCUT2D eigenvalue weighted by molar-refractivity contribution is 5.90. The van der Waals surface area contributed by atoms with Crippen molar-refractivity contribution in [2.45, 2.75) is 154 Å². The van der Waals surface area contributed by atoms with Gasteiger partial charge in [0.2, 0.25) is 0 Å². The lowest BCUT2D eigenvalue weighted by molar-refractivity contribution is -0.137. The van der Waals surface area contributed by atoms with Gasteiger partial charge in [0.1, 0.15) is 0 Å². The van der Waals surface area contributed by atoms with Crippen molar-refractivity contribution >= 4 is 11.9 Å². The summed E-state index contributed by atoms with van der Waals surface area (Å²) in [5, 5.41) is 0. The summed E-state index contributed by atoms with van der Waals surface area (Å²) in [6.07, 6.45) is 29.5. The highest BCUT2D eigenvalue weighted by Gasteiger charge is 2.38. The number of rotatable bonds is 4. The number of hydrogen-bond acceptors (Lipinski definition) is 4. The van der Waals surface area contributed by atoms with E-state index in [0.717, 1.165) is 36.8 Å². The van der Waals surface area contributed by atoms with E-state index in [2.05, 4.69) is 0 Å². The van der Waals surface area contributed by atoms with Crippen molar-refractivity contribution in [3.63, 3.8) is 0 Å². The zero-order valence-corrected chi connectivity index (χ0v) is 27.1. The monoisotopic (exact) mass is 580 g/mol. The molecule has 0 aromatic rings. The van der Waals surface area contributed by atoms with E-state index in [1.165, 1.54) is 134 Å². The molecule has 0 spiro atoms. The normalized spacial score (nSPS) is 35.3. The fourth-order valence-corrected chi connectivity index (χ4v) is 10.2. The minimum absolute atomic E-state index is 0.0190. The molecular formula is C38H60O4. The summed E-state index contributed by atoms with van der Waals surface area (Å²) in [5.41, 5.74) is 5.30. The number of ether oxygens (including phenoxy) is 2. The van der Waals surface area contributed by atoms with Crippen molar-refractivity contribution in [3.8, 4) is 0 Å². The van der Waals surface area contributed by atoms with Gasteiger partial charge in [-0.05, 0) is 113 Å². The van der Waals surface area contributed by atoms with Crippen LogP contribution < -0.4 is 0 Å². The molecule has 4 bridgehead atoms. The first-order valence-corrected chi connectivity index (χ1v) is 18.3. The van der Waals surface area contributed by atoms with Gasteiger partial charge in [0.05, 0.1) is 14.2 Å². The largest absolute Gasteiger partial charge is 0.466 e. The minimum atomic E-state index is -0.0276. The molecule has 0 N–H and O–H groups in total. The number of methoxy groups -OCH3 is 2. The Morgan fingerprint density at radius 2 is 0.833 bits per heavy atom. The van der Waals surface area contributed by atoms with Gasteiger partial charge in [0.15, 0.2) is 0 Å². The summed E-state index contributed by atoms with van der Waals surface area (Å²) in [4.78, 5) is 26.9. The second-order valence-corrected chi connectivity index (χ2v) is 14.6.